The van der Waals surface area contributed by atoms with Gasteiger partial charge in [0.25, 0.3) is 5.91 Å². The predicted molar refractivity (Wildman–Crippen MR) is 136 cm³/mol. The number of amides is 1. The van der Waals surface area contributed by atoms with Crippen LogP contribution in [-0.4, -0.2) is 35.5 Å². The van der Waals surface area contributed by atoms with Crippen LogP contribution in [0.2, 0.25) is 0 Å². The number of carboxylic acid groups (broad SMARTS) is 1. The number of halogens is 1. The summed E-state index contributed by atoms with van der Waals surface area (Å²) in [5, 5.41) is 15.2. The monoisotopic (exact) mass is 473 g/mol. The first-order chi connectivity index (χ1) is 16.8. The van der Waals surface area contributed by atoms with Crippen molar-refractivity contribution in [3.05, 3.63) is 94.8 Å². The first-order valence-corrected chi connectivity index (χ1v) is 11.5. The first kappa shape index (κ1) is 24.2. The summed E-state index contributed by atoms with van der Waals surface area (Å²) in [6.45, 7) is 3.89. The van der Waals surface area contributed by atoms with E-state index in [9.17, 15) is 14.0 Å². The molecular formula is C28H28FN3O3. The van der Waals surface area contributed by atoms with Gasteiger partial charge in [0.1, 0.15) is 5.82 Å². The largest absolute Gasteiger partial charge is 0.481 e. The average molecular weight is 474 g/mol. The highest BCUT2D eigenvalue weighted by Gasteiger charge is 2.29. The van der Waals surface area contributed by atoms with Gasteiger partial charge in [-0.05, 0) is 73.1 Å². The Kier molecular flexibility index (Phi) is 7.27. The minimum atomic E-state index is -0.868. The van der Waals surface area contributed by atoms with E-state index in [-0.39, 0.29) is 12.3 Å². The third-order valence-corrected chi connectivity index (χ3v) is 6.04. The van der Waals surface area contributed by atoms with E-state index in [0.717, 1.165) is 29.9 Å². The van der Waals surface area contributed by atoms with Crippen LogP contribution in [-0.2, 0) is 22.6 Å². The molecule has 3 aromatic carbocycles. The lowest BCUT2D eigenvalue weighted by Crippen LogP contribution is -2.16. The number of hydrogen-bond donors (Lipinski definition) is 3. The number of aryl methyl sites for hydroxylation is 1. The number of carbonyl (C=O) groups excluding carboxylic acids is 1. The van der Waals surface area contributed by atoms with Gasteiger partial charge in [-0.1, -0.05) is 37.3 Å². The van der Waals surface area contributed by atoms with Gasteiger partial charge < -0.3 is 20.6 Å². The highest BCUT2D eigenvalue weighted by molar-refractivity contribution is 6.37. The number of fused-ring (bicyclic) bond motifs is 1. The number of carboxylic acids is 1. The van der Waals surface area contributed by atoms with Crippen LogP contribution in [0.3, 0.4) is 0 Å². The fourth-order valence-electron chi connectivity index (χ4n) is 4.07. The summed E-state index contributed by atoms with van der Waals surface area (Å²) in [5.74, 6) is -1.62. The van der Waals surface area contributed by atoms with Gasteiger partial charge in [-0.2, -0.15) is 0 Å². The van der Waals surface area contributed by atoms with E-state index in [1.807, 2.05) is 48.5 Å². The lowest BCUT2D eigenvalue weighted by atomic mass is 9.97. The second-order valence-electron chi connectivity index (χ2n) is 8.64. The number of nitrogens with one attached hydrogen (secondary N) is 2. The molecule has 3 N–H and O–H groups in total. The van der Waals surface area contributed by atoms with E-state index in [4.69, 9.17) is 5.11 Å². The van der Waals surface area contributed by atoms with Crippen molar-refractivity contribution < 1.29 is 19.1 Å². The molecule has 0 aromatic heterocycles. The molecule has 35 heavy (non-hydrogen) atoms. The number of benzene rings is 3. The zero-order valence-corrected chi connectivity index (χ0v) is 19.8. The maximum atomic E-state index is 13.8. The molecule has 0 fully saturated rings. The van der Waals surface area contributed by atoms with Gasteiger partial charge in [0.15, 0.2) is 0 Å². The smallest absolute Gasteiger partial charge is 0.303 e. The number of carbonyl (C=O) groups is 2. The van der Waals surface area contributed by atoms with Crippen molar-refractivity contribution in [3.8, 4) is 0 Å². The Morgan fingerprint density at radius 2 is 1.83 bits per heavy atom. The Morgan fingerprint density at radius 1 is 1.06 bits per heavy atom. The molecular weight excluding hydrogens is 445 g/mol. The van der Waals surface area contributed by atoms with E-state index in [2.05, 4.69) is 29.5 Å². The van der Waals surface area contributed by atoms with Crippen molar-refractivity contribution in [3.63, 3.8) is 0 Å². The molecule has 0 aliphatic carbocycles. The molecule has 3 aromatic rings. The van der Waals surface area contributed by atoms with Gasteiger partial charge in [-0.15, -0.1) is 0 Å². The minimum Gasteiger partial charge on any atom is -0.481 e. The lowest BCUT2D eigenvalue weighted by Gasteiger charge is -2.17. The summed E-state index contributed by atoms with van der Waals surface area (Å²) in [7, 11) is 2.06. The topological polar surface area (TPSA) is 81.7 Å². The van der Waals surface area contributed by atoms with Crippen molar-refractivity contribution in [1.29, 1.82) is 0 Å². The third-order valence-electron chi connectivity index (χ3n) is 6.04. The normalized spacial score (nSPS) is 14.0. The minimum absolute atomic E-state index is 0.0129. The second-order valence-corrected chi connectivity index (χ2v) is 8.64. The molecule has 6 nitrogen and oxygen atoms in total. The number of nitrogens with zero attached hydrogens (tertiary/aromatic N) is 1. The Balaban J connectivity index is 1.76. The fraction of sp³-hybridized carbons (Fsp3) is 0.214. The van der Waals surface area contributed by atoms with Crippen molar-refractivity contribution >= 4 is 34.5 Å². The molecule has 0 atom stereocenters. The molecule has 1 amide bonds. The summed E-state index contributed by atoms with van der Waals surface area (Å²) in [6, 6.07) is 19.7. The molecule has 0 radical (unpaired) electrons. The second kappa shape index (κ2) is 10.5. The highest BCUT2D eigenvalue weighted by atomic mass is 19.1. The van der Waals surface area contributed by atoms with E-state index in [1.54, 1.807) is 6.07 Å². The Morgan fingerprint density at radius 3 is 2.54 bits per heavy atom. The van der Waals surface area contributed by atoms with Crippen LogP contribution < -0.4 is 10.6 Å². The molecule has 7 heteroatoms. The van der Waals surface area contributed by atoms with E-state index >= 15 is 0 Å². The Bertz CT molecular complexity index is 1280. The molecule has 180 valence electrons. The van der Waals surface area contributed by atoms with Crippen LogP contribution in [0.15, 0.2) is 66.7 Å². The van der Waals surface area contributed by atoms with Crippen molar-refractivity contribution in [1.82, 2.24) is 4.90 Å². The first-order valence-electron chi connectivity index (χ1n) is 11.5. The standard InChI is InChI=1S/C28H28FN3O3/c1-3-32(2)17-19-7-11-22(12-8-19)30-27(20-6-4-5-18(15-20)9-14-25(33)34)26-23-13-10-21(29)16-24(23)31-28(26)35/h4-8,10-13,15-16,30H,3,9,14,17H2,1-2H3,(H,31,35)(H,33,34)/b27-26-. The molecule has 0 unspecified atom stereocenters. The molecule has 1 heterocycles. The fourth-order valence-corrected chi connectivity index (χ4v) is 4.07. The van der Waals surface area contributed by atoms with Crippen LogP contribution in [0.5, 0.6) is 0 Å². The van der Waals surface area contributed by atoms with Gasteiger partial charge in [0.2, 0.25) is 0 Å². The van der Waals surface area contributed by atoms with Crippen LogP contribution in [0.1, 0.15) is 35.6 Å². The number of anilines is 2. The zero-order chi connectivity index (χ0) is 24.9. The predicted octanol–water partition coefficient (Wildman–Crippen LogP) is 5.23. The van der Waals surface area contributed by atoms with Crippen LogP contribution >= 0.6 is 0 Å². The average Bonchev–Trinajstić information content (AvgIpc) is 3.16. The summed E-state index contributed by atoms with van der Waals surface area (Å²) in [5.41, 5.74) is 5.57. The zero-order valence-electron chi connectivity index (χ0n) is 19.8. The Hall–Kier alpha value is -3.97. The van der Waals surface area contributed by atoms with Crippen LogP contribution in [0, 0.1) is 5.82 Å². The van der Waals surface area contributed by atoms with Crippen molar-refractivity contribution in [2.24, 2.45) is 0 Å². The van der Waals surface area contributed by atoms with E-state index in [1.165, 1.54) is 17.7 Å². The maximum Gasteiger partial charge on any atom is 0.303 e. The van der Waals surface area contributed by atoms with E-state index in [0.29, 0.717) is 28.9 Å². The highest BCUT2D eigenvalue weighted by Crippen LogP contribution is 2.38. The summed E-state index contributed by atoms with van der Waals surface area (Å²) < 4.78 is 13.8. The van der Waals surface area contributed by atoms with Gasteiger partial charge in [-0.25, -0.2) is 4.39 Å². The van der Waals surface area contributed by atoms with Crippen molar-refractivity contribution in [2.75, 3.05) is 24.2 Å². The lowest BCUT2D eigenvalue weighted by molar-refractivity contribution is -0.137. The molecule has 1 aliphatic rings. The third kappa shape index (κ3) is 5.75. The molecule has 0 saturated heterocycles. The Labute approximate surface area is 204 Å². The molecule has 1 aliphatic heterocycles. The summed E-state index contributed by atoms with van der Waals surface area (Å²) >= 11 is 0. The number of hydrogen-bond acceptors (Lipinski definition) is 4. The molecule has 4 rings (SSSR count). The van der Waals surface area contributed by atoms with Gasteiger partial charge in [-0.3, -0.25) is 9.59 Å². The van der Waals surface area contributed by atoms with Crippen LogP contribution in [0.4, 0.5) is 15.8 Å². The SMILES string of the molecule is CCN(C)Cc1ccc(N/C(=C2\C(=O)Nc3cc(F)ccc32)c2cccc(CCC(=O)O)c2)cc1. The number of aliphatic carboxylic acids is 1. The quantitative estimate of drug-likeness (QED) is 0.371. The molecule has 0 bridgehead atoms. The van der Waals surface area contributed by atoms with Crippen LogP contribution in [0.25, 0.3) is 11.3 Å². The van der Waals surface area contributed by atoms with Crippen molar-refractivity contribution in [2.45, 2.75) is 26.3 Å². The van der Waals surface area contributed by atoms with E-state index < -0.39 is 11.8 Å². The van der Waals surface area contributed by atoms with Gasteiger partial charge >= 0.3 is 5.97 Å². The molecule has 0 saturated carbocycles. The van der Waals surface area contributed by atoms with Gasteiger partial charge in [0.05, 0.1) is 17.0 Å². The maximum absolute atomic E-state index is 13.8. The molecule has 0 spiro atoms. The summed E-state index contributed by atoms with van der Waals surface area (Å²) in [6.07, 6.45) is 0.387. The number of rotatable bonds is 9. The van der Waals surface area contributed by atoms with Gasteiger partial charge in [0, 0.05) is 24.2 Å². The summed E-state index contributed by atoms with van der Waals surface area (Å²) in [4.78, 5) is 26.3.